The smallest absolute Gasteiger partial charge is 0.217 e. The third kappa shape index (κ3) is 8.81. The maximum atomic E-state index is 13.8. The van der Waals surface area contributed by atoms with Crippen molar-refractivity contribution in [1.82, 2.24) is 10.6 Å². The number of aliphatic hydroxyl groups excluding tert-OH is 2. The van der Waals surface area contributed by atoms with Crippen LogP contribution in [0.1, 0.15) is 70.1 Å². The fourth-order valence-corrected chi connectivity index (χ4v) is 5.05. The minimum atomic E-state index is -1.02. The van der Waals surface area contributed by atoms with E-state index >= 15 is 0 Å². The van der Waals surface area contributed by atoms with E-state index in [1.165, 1.54) is 24.6 Å². The Morgan fingerprint density at radius 3 is 2.38 bits per heavy atom. The quantitative estimate of drug-likeness (QED) is 0.252. The molecule has 1 aliphatic carbocycles. The number of hydrogen-bond donors (Lipinski definition) is 4. The maximum Gasteiger partial charge on any atom is 0.217 e. The molecule has 1 saturated carbocycles. The average Bonchev–Trinajstić information content (AvgIpc) is 2.86. The molecular weight excluding hydrogens is 504 g/mol. The van der Waals surface area contributed by atoms with Gasteiger partial charge >= 0.3 is 0 Å². The van der Waals surface area contributed by atoms with Gasteiger partial charge in [-0.2, -0.15) is 0 Å². The molecule has 214 valence electrons. The minimum Gasteiger partial charge on any atom is -0.393 e. The van der Waals surface area contributed by atoms with Crippen molar-refractivity contribution in [3.05, 3.63) is 70.8 Å². The summed E-state index contributed by atoms with van der Waals surface area (Å²) in [6.07, 6.45) is 1.80. The number of carbonyl (C=O) groups excluding carboxylic acids is 1. The highest BCUT2D eigenvalue weighted by molar-refractivity contribution is 5.85. The lowest BCUT2D eigenvalue weighted by Gasteiger charge is -2.41. The molecule has 0 heterocycles. The van der Waals surface area contributed by atoms with Crippen molar-refractivity contribution in [2.24, 2.45) is 5.16 Å². The largest absolute Gasteiger partial charge is 0.393 e. The van der Waals surface area contributed by atoms with Gasteiger partial charge in [0.1, 0.15) is 18.2 Å². The van der Waals surface area contributed by atoms with Crippen molar-refractivity contribution in [3.63, 3.8) is 0 Å². The molecule has 39 heavy (non-hydrogen) atoms. The van der Waals surface area contributed by atoms with E-state index in [0.29, 0.717) is 31.2 Å². The zero-order chi connectivity index (χ0) is 28.6. The first-order valence-corrected chi connectivity index (χ1v) is 13.5. The Labute approximate surface area is 229 Å². The van der Waals surface area contributed by atoms with E-state index in [1.807, 2.05) is 6.07 Å². The first-order chi connectivity index (χ1) is 18.4. The number of benzene rings is 2. The summed E-state index contributed by atoms with van der Waals surface area (Å²) in [5.74, 6) is -1.76. The first kappa shape index (κ1) is 30.7. The Hall–Kier alpha value is -2.88. The molecule has 0 aromatic heterocycles. The lowest BCUT2D eigenvalue weighted by Crippen LogP contribution is -2.53. The molecule has 2 aromatic carbocycles. The number of nitrogens with zero attached hydrogens (tertiary/aromatic N) is 1. The molecule has 3 rings (SSSR count). The Morgan fingerprint density at radius 2 is 1.79 bits per heavy atom. The zero-order valence-corrected chi connectivity index (χ0v) is 23.3. The van der Waals surface area contributed by atoms with Gasteiger partial charge in [0, 0.05) is 25.1 Å². The number of aliphatic hydroxyl groups is 2. The number of rotatable bonds is 11. The molecule has 2 unspecified atom stereocenters. The van der Waals surface area contributed by atoms with Crippen molar-refractivity contribution in [1.29, 1.82) is 0 Å². The number of oxime groups is 1. The number of halogens is 2. The van der Waals surface area contributed by atoms with Crippen molar-refractivity contribution >= 4 is 11.6 Å². The van der Waals surface area contributed by atoms with Crippen LogP contribution >= 0.6 is 0 Å². The zero-order valence-electron chi connectivity index (χ0n) is 23.3. The monoisotopic (exact) mass is 545 g/mol. The van der Waals surface area contributed by atoms with E-state index in [0.717, 1.165) is 17.3 Å². The molecule has 0 bridgehead atoms. The Kier molecular flexibility index (Phi) is 10.6. The van der Waals surface area contributed by atoms with Gasteiger partial charge in [-0.3, -0.25) is 4.79 Å². The van der Waals surface area contributed by atoms with Gasteiger partial charge in [-0.15, -0.1) is 0 Å². The molecular formula is C30H41F2N3O4. The third-order valence-corrected chi connectivity index (χ3v) is 7.22. The second kappa shape index (κ2) is 13.5. The van der Waals surface area contributed by atoms with Crippen LogP contribution in [0.15, 0.2) is 47.6 Å². The molecule has 0 aliphatic heterocycles. The fourth-order valence-electron chi connectivity index (χ4n) is 5.05. The molecule has 1 amide bonds. The van der Waals surface area contributed by atoms with Crippen LogP contribution < -0.4 is 10.6 Å². The SMILES string of the molecule is CC(=O)NC(Cc1cc(F)cc(F)c1)C(O)CNC1(c2cccc(C(C)(C)C)c2)CCC(=NOCCO)CC1. The van der Waals surface area contributed by atoms with E-state index < -0.39 is 29.3 Å². The van der Waals surface area contributed by atoms with Gasteiger partial charge in [-0.1, -0.05) is 50.2 Å². The number of amides is 1. The van der Waals surface area contributed by atoms with E-state index in [9.17, 15) is 18.7 Å². The third-order valence-electron chi connectivity index (χ3n) is 7.22. The van der Waals surface area contributed by atoms with Crippen LogP contribution in [0, 0.1) is 11.6 Å². The van der Waals surface area contributed by atoms with Crippen LogP contribution in [0.2, 0.25) is 0 Å². The summed E-state index contributed by atoms with van der Waals surface area (Å²) in [6.45, 7) is 8.02. The average molecular weight is 546 g/mol. The second-order valence-corrected chi connectivity index (χ2v) is 11.4. The Bertz CT molecular complexity index is 1120. The predicted octanol–water partition coefficient (Wildman–Crippen LogP) is 4.09. The summed E-state index contributed by atoms with van der Waals surface area (Å²) < 4.78 is 27.6. The fraction of sp³-hybridized carbons (Fsp3) is 0.533. The van der Waals surface area contributed by atoms with Crippen molar-refractivity contribution in [2.45, 2.75) is 82.9 Å². The number of nitrogens with one attached hydrogen (secondary N) is 2. The summed E-state index contributed by atoms with van der Waals surface area (Å²) in [7, 11) is 0. The second-order valence-electron chi connectivity index (χ2n) is 11.4. The summed E-state index contributed by atoms with van der Waals surface area (Å²) >= 11 is 0. The van der Waals surface area contributed by atoms with E-state index in [2.05, 4.69) is 54.8 Å². The molecule has 1 fully saturated rings. The maximum absolute atomic E-state index is 13.8. The molecule has 0 radical (unpaired) electrons. The van der Waals surface area contributed by atoms with Crippen LogP contribution in [-0.4, -0.2) is 53.7 Å². The molecule has 0 spiro atoms. The highest BCUT2D eigenvalue weighted by Crippen LogP contribution is 2.38. The summed E-state index contributed by atoms with van der Waals surface area (Å²) in [5.41, 5.74) is 3.03. The predicted molar refractivity (Wildman–Crippen MR) is 147 cm³/mol. The van der Waals surface area contributed by atoms with Crippen LogP contribution in [0.4, 0.5) is 8.78 Å². The lowest BCUT2D eigenvalue weighted by molar-refractivity contribution is -0.120. The molecule has 4 N–H and O–H groups in total. The molecule has 7 nitrogen and oxygen atoms in total. The van der Waals surface area contributed by atoms with Gasteiger partial charge in [0.25, 0.3) is 0 Å². The standard InChI is InChI=1S/C30H41F2N3O4/c1-20(37)34-27(16-21-14-24(31)18-25(32)15-21)28(38)19-33-30(10-8-26(9-11-30)35-39-13-12-36)23-7-5-6-22(17-23)29(2,3)4/h5-7,14-15,17-18,27-28,33,36,38H,8-13,16,19H2,1-4H3,(H,34,37). The molecule has 2 atom stereocenters. The molecule has 9 heteroatoms. The van der Waals surface area contributed by atoms with Gasteiger partial charge < -0.3 is 25.7 Å². The minimum absolute atomic E-state index is 0.0487. The van der Waals surface area contributed by atoms with Gasteiger partial charge in [0.05, 0.1) is 24.5 Å². The van der Waals surface area contributed by atoms with Crippen LogP contribution in [0.3, 0.4) is 0 Å². The van der Waals surface area contributed by atoms with Crippen molar-refractivity contribution < 1.29 is 28.6 Å². The van der Waals surface area contributed by atoms with Crippen LogP contribution in [0.5, 0.6) is 0 Å². The van der Waals surface area contributed by atoms with Crippen molar-refractivity contribution in [2.75, 3.05) is 19.8 Å². The summed E-state index contributed by atoms with van der Waals surface area (Å²) in [5, 5.41) is 30.7. The van der Waals surface area contributed by atoms with Gasteiger partial charge in [-0.25, -0.2) is 8.78 Å². The summed E-state index contributed by atoms with van der Waals surface area (Å²) in [4.78, 5) is 17.1. The van der Waals surface area contributed by atoms with E-state index in [1.54, 1.807) is 0 Å². The Balaban J connectivity index is 1.84. The van der Waals surface area contributed by atoms with Crippen molar-refractivity contribution in [3.8, 4) is 0 Å². The highest BCUT2D eigenvalue weighted by Gasteiger charge is 2.37. The topological polar surface area (TPSA) is 103 Å². The van der Waals surface area contributed by atoms with E-state index in [4.69, 9.17) is 9.94 Å². The number of hydrogen-bond acceptors (Lipinski definition) is 6. The van der Waals surface area contributed by atoms with Gasteiger partial charge in [0.15, 0.2) is 0 Å². The first-order valence-electron chi connectivity index (χ1n) is 13.5. The van der Waals surface area contributed by atoms with Crippen LogP contribution in [-0.2, 0) is 27.0 Å². The highest BCUT2D eigenvalue weighted by atomic mass is 19.1. The van der Waals surface area contributed by atoms with Gasteiger partial charge in [-0.05, 0) is 66.3 Å². The summed E-state index contributed by atoms with van der Waals surface area (Å²) in [6, 6.07) is 10.9. The Morgan fingerprint density at radius 1 is 1.13 bits per heavy atom. The molecule has 0 saturated heterocycles. The van der Waals surface area contributed by atoms with Gasteiger partial charge in [0.2, 0.25) is 5.91 Å². The van der Waals surface area contributed by atoms with E-state index in [-0.39, 0.29) is 37.5 Å². The number of carbonyl (C=O) groups is 1. The molecule has 1 aliphatic rings. The molecule has 2 aromatic rings. The van der Waals surface area contributed by atoms with Crippen LogP contribution in [0.25, 0.3) is 0 Å². The normalized spacial score (nSPS) is 19.3. The lowest BCUT2D eigenvalue weighted by atomic mass is 9.74.